The SMILES string of the molecule is CO[C@H]1C[C@H]2C=CC3C4C(O)[C@@H](C)[C@@H](OC(=O)C5=CC=CC5)[C@@H]3O[C@]42/C(C)=C/[C@@H](C)[C@@H]([C@@H](C)OC(=O)C(=O)NC(C)(C)C)OC1=O. The lowest BCUT2D eigenvalue weighted by Crippen LogP contribution is -2.57. The van der Waals surface area contributed by atoms with Crippen molar-refractivity contribution in [1.82, 2.24) is 5.32 Å². The van der Waals surface area contributed by atoms with Crippen LogP contribution in [0.15, 0.2) is 47.6 Å². The molecule has 5 rings (SSSR count). The Morgan fingerprint density at radius 1 is 1.17 bits per heavy atom. The summed E-state index contributed by atoms with van der Waals surface area (Å²) in [4.78, 5) is 51.8. The highest BCUT2D eigenvalue weighted by Gasteiger charge is 2.69. The maximum absolute atomic E-state index is 13.6. The molecule has 2 fully saturated rings. The van der Waals surface area contributed by atoms with Gasteiger partial charge in [0.05, 0.1) is 6.10 Å². The largest absolute Gasteiger partial charge is 0.456 e. The van der Waals surface area contributed by atoms with Crippen LogP contribution in [0.25, 0.3) is 0 Å². The summed E-state index contributed by atoms with van der Waals surface area (Å²) in [5.74, 6) is -4.93. The molecule has 1 spiro atoms. The Hall–Kier alpha value is -3.28. The molecule has 3 aliphatic carbocycles. The van der Waals surface area contributed by atoms with E-state index in [9.17, 15) is 24.3 Å². The van der Waals surface area contributed by atoms with Crippen molar-refractivity contribution in [2.24, 2.45) is 29.6 Å². The Kier molecular flexibility index (Phi) is 9.43. The van der Waals surface area contributed by atoms with Crippen LogP contribution in [0.5, 0.6) is 0 Å². The molecule has 1 saturated carbocycles. The molecule has 5 aliphatic rings. The molecule has 3 unspecified atom stereocenters. The molecule has 12 atom stereocenters. The van der Waals surface area contributed by atoms with Crippen LogP contribution in [0.4, 0.5) is 0 Å². The van der Waals surface area contributed by atoms with Gasteiger partial charge in [0.25, 0.3) is 0 Å². The smallest absolute Gasteiger partial charge is 0.397 e. The lowest BCUT2D eigenvalue weighted by molar-refractivity contribution is -0.180. The quantitative estimate of drug-likeness (QED) is 0.199. The van der Waals surface area contributed by atoms with Gasteiger partial charge in [-0.1, -0.05) is 50.3 Å². The number of rotatable bonds is 5. The molecule has 1 amide bonds. The first-order valence-corrected chi connectivity index (χ1v) is 16.1. The fourth-order valence-electron chi connectivity index (χ4n) is 7.96. The molecule has 2 aliphatic heterocycles. The number of nitrogens with one attached hydrogen (secondary N) is 1. The van der Waals surface area contributed by atoms with Gasteiger partial charge in [0, 0.05) is 47.8 Å². The van der Waals surface area contributed by atoms with E-state index in [-0.39, 0.29) is 24.2 Å². The number of hydrogen-bond donors (Lipinski definition) is 2. The Morgan fingerprint density at radius 3 is 2.52 bits per heavy atom. The minimum Gasteiger partial charge on any atom is -0.456 e. The third-order valence-corrected chi connectivity index (χ3v) is 10.1. The monoisotopic (exact) mass is 641 g/mol. The summed E-state index contributed by atoms with van der Waals surface area (Å²) < 4.78 is 30.2. The van der Waals surface area contributed by atoms with Crippen LogP contribution in [0.2, 0.25) is 0 Å². The van der Waals surface area contributed by atoms with Crippen LogP contribution in [0, 0.1) is 29.6 Å². The van der Waals surface area contributed by atoms with Gasteiger partial charge in [0.1, 0.15) is 30.0 Å². The molecule has 0 aromatic heterocycles. The molecule has 46 heavy (non-hydrogen) atoms. The highest BCUT2D eigenvalue weighted by atomic mass is 16.6. The van der Waals surface area contributed by atoms with Gasteiger partial charge in [-0.05, 0) is 53.0 Å². The van der Waals surface area contributed by atoms with Gasteiger partial charge in [-0.15, -0.1) is 0 Å². The average molecular weight is 642 g/mol. The van der Waals surface area contributed by atoms with Gasteiger partial charge >= 0.3 is 23.8 Å². The topological polar surface area (TPSA) is 147 Å². The van der Waals surface area contributed by atoms with E-state index in [1.54, 1.807) is 33.8 Å². The molecule has 1 saturated heterocycles. The number of methoxy groups -OCH3 is 1. The molecule has 252 valence electrons. The molecule has 11 nitrogen and oxygen atoms in total. The molecular weight excluding hydrogens is 594 g/mol. The zero-order valence-electron chi connectivity index (χ0n) is 27.9. The van der Waals surface area contributed by atoms with E-state index >= 15 is 0 Å². The number of carbonyl (C=O) groups excluding carboxylic acids is 4. The lowest BCUT2D eigenvalue weighted by atomic mass is 9.57. The number of ether oxygens (including phenoxy) is 5. The van der Waals surface area contributed by atoms with Gasteiger partial charge in [0.15, 0.2) is 6.10 Å². The minimum absolute atomic E-state index is 0.195. The Morgan fingerprint density at radius 2 is 1.89 bits per heavy atom. The zero-order chi connectivity index (χ0) is 33.7. The number of allylic oxidation sites excluding steroid dienone is 3. The molecule has 2 heterocycles. The Labute approximate surface area is 270 Å². The van der Waals surface area contributed by atoms with E-state index in [4.69, 9.17) is 23.7 Å². The number of aliphatic hydroxyl groups excluding tert-OH is 1. The number of carbonyl (C=O) groups is 4. The third kappa shape index (κ3) is 6.09. The van der Waals surface area contributed by atoms with Gasteiger partial charge in [0.2, 0.25) is 0 Å². The second kappa shape index (κ2) is 12.7. The maximum atomic E-state index is 13.6. The predicted molar refractivity (Wildman–Crippen MR) is 166 cm³/mol. The highest BCUT2D eigenvalue weighted by Crippen LogP contribution is 2.61. The molecule has 0 radical (unpaired) electrons. The van der Waals surface area contributed by atoms with Crippen LogP contribution < -0.4 is 5.32 Å². The van der Waals surface area contributed by atoms with Crippen molar-refractivity contribution in [3.63, 3.8) is 0 Å². The Bertz CT molecular complexity index is 1370. The minimum atomic E-state index is -1.08. The number of aliphatic hydroxyl groups is 1. The van der Waals surface area contributed by atoms with Crippen molar-refractivity contribution in [2.45, 2.75) is 109 Å². The van der Waals surface area contributed by atoms with Crippen LogP contribution in [-0.4, -0.2) is 83.8 Å². The van der Waals surface area contributed by atoms with Crippen LogP contribution >= 0.6 is 0 Å². The van der Waals surface area contributed by atoms with Crippen LogP contribution in [0.1, 0.15) is 61.3 Å². The lowest BCUT2D eigenvalue weighted by Gasteiger charge is -2.49. The number of esters is 3. The predicted octanol–water partition coefficient (Wildman–Crippen LogP) is 3.11. The van der Waals surface area contributed by atoms with E-state index in [0.29, 0.717) is 12.0 Å². The van der Waals surface area contributed by atoms with E-state index < -0.39 is 83.4 Å². The van der Waals surface area contributed by atoms with Gasteiger partial charge in [-0.25, -0.2) is 14.4 Å². The molecule has 0 aromatic rings. The summed E-state index contributed by atoms with van der Waals surface area (Å²) in [5, 5.41) is 14.5. The van der Waals surface area contributed by atoms with Crippen molar-refractivity contribution < 1.29 is 48.0 Å². The number of cyclic esters (lactones) is 1. The number of hydrogen-bond acceptors (Lipinski definition) is 10. The average Bonchev–Trinajstić information content (AvgIpc) is 3.58. The van der Waals surface area contributed by atoms with Gasteiger partial charge < -0.3 is 34.1 Å². The Balaban J connectivity index is 1.48. The van der Waals surface area contributed by atoms with Crippen LogP contribution in [-0.2, 0) is 42.9 Å². The summed E-state index contributed by atoms with van der Waals surface area (Å²) in [6.45, 7) is 12.5. The fourth-order valence-corrected chi connectivity index (χ4v) is 7.96. The van der Waals surface area contributed by atoms with Crippen molar-refractivity contribution in [2.75, 3.05) is 7.11 Å². The zero-order valence-corrected chi connectivity index (χ0v) is 27.9. The summed E-state index contributed by atoms with van der Waals surface area (Å²) in [5.41, 5.74) is -0.313. The van der Waals surface area contributed by atoms with Crippen molar-refractivity contribution in [1.29, 1.82) is 0 Å². The van der Waals surface area contributed by atoms with E-state index in [2.05, 4.69) is 5.32 Å². The summed E-state index contributed by atoms with van der Waals surface area (Å²) >= 11 is 0. The first-order chi connectivity index (χ1) is 21.6. The van der Waals surface area contributed by atoms with Gasteiger partial charge in [-0.3, -0.25) is 4.79 Å². The summed E-state index contributed by atoms with van der Waals surface area (Å²) in [7, 11) is 1.42. The fraction of sp³-hybridized carbons (Fsp3) is 0.657. The second-order valence-corrected chi connectivity index (χ2v) is 14.4. The number of amides is 1. The van der Waals surface area contributed by atoms with E-state index in [0.717, 1.165) is 5.57 Å². The third-order valence-electron chi connectivity index (χ3n) is 10.1. The molecular formula is C35H47NO10. The first-order valence-electron chi connectivity index (χ1n) is 16.1. The summed E-state index contributed by atoms with van der Waals surface area (Å²) in [6.07, 6.45) is 7.08. The van der Waals surface area contributed by atoms with Crippen molar-refractivity contribution in [3.8, 4) is 0 Å². The first kappa shape index (κ1) is 34.1. The second-order valence-electron chi connectivity index (χ2n) is 14.4. The van der Waals surface area contributed by atoms with Crippen molar-refractivity contribution in [3.05, 3.63) is 47.6 Å². The normalized spacial score (nSPS) is 40.1. The summed E-state index contributed by atoms with van der Waals surface area (Å²) in [6, 6.07) is 0. The van der Waals surface area contributed by atoms with E-state index in [1.165, 1.54) is 7.11 Å². The highest BCUT2D eigenvalue weighted by molar-refractivity contribution is 6.32. The molecule has 2 N–H and O–H groups in total. The molecule has 0 aromatic carbocycles. The standard InChI is InChI=1S/C35H47NO10/c1-17-15-18(2)35-22(16-24(42-8)32(40)44-27(17)20(4)43-33(41)30(38)36-34(5,6)7)13-14-23-25(35)26(37)19(3)28(29(23)46-35)45-31(39)21-11-9-10-12-21/h9-11,13-15,17,19-20,22-29,37H,12,16H2,1-8H3,(H,36,38)/b18-15+/t17-,19-,20-,22-,23?,24+,25?,26?,27+,28-,29-,35+/m1/s1. The van der Waals surface area contributed by atoms with E-state index in [1.807, 2.05) is 51.2 Å². The van der Waals surface area contributed by atoms with Crippen LogP contribution in [0.3, 0.4) is 0 Å². The van der Waals surface area contributed by atoms with Gasteiger partial charge in [-0.2, -0.15) is 0 Å². The van der Waals surface area contributed by atoms with Crippen molar-refractivity contribution >= 4 is 23.8 Å². The molecule has 11 heteroatoms. The molecule has 4 bridgehead atoms. The maximum Gasteiger partial charge on any atom is 0.397 e.